The Morgan fingerprint density at radius 2 is 2.18 bits per heavy atom. The first kappa shape index (κ1) is 10.6. The van der Waals surface area contributed by atoms with E-state index >= 15 is 0 Å². The van der Waals surface area contributed by atoms with Crippen LogP contribution in [0.3, 0.4) is 0 Å². The molecule has 2 heteroatoms. The summed E-state index contributed by atoms with van der Waals surface area (Å²) in [5, 5.41) is 0. The molecule has 1 aromatic carbocycles. The zero-order valence-electron chi connectivity index (χ0n) is 9.98. The Balaban J connectivity index is 2.07. The Morgan fingerprint density at radius 3 is 2.94 bits per heavy atom. The highest BCUT2D eigenvalue weighted by atomic mass is 16.6. The van der Waals surface area contributed by atoms with Gasteiger partial charge in [0.2, 0.25) is 0 Å². The van der Waals surface area contributed by atoms with Crippen molar-refractivity contribution in [2.75, 3.05) is 0 Å². The van der Waals surface area contributed by atoms with E-state index in [2.05, 4.69) is 12.2 Å². The number of fused-ring (bicyclic) bond motifs is 1. The molecule has 0 radical (unpaired) electrons. The van der Waals surface area contributed by atoms with Gasteiger partial charge in [0.1, 0.15) is 5.60 Å². The summed E-state index contributed by atoms with van der Waals surface area (Å²) >= 11 is 0. The van der Waals surface area contributed by atoms with Crippen LogP contribution in [0, 0.1) is 5.92 Å². The minimum atomic E-state index is -0.468. The minimum absolute atomic E-state index is 0.179. The van der Waals surface area contributed by atoms with Crippen molar-refractivity contribution in [1.82, 2.24) is 0 Å². The fourth-order valence-electron chi connectivity index (χ4n) is 2.94. The summed E-state index contributed by atoms with van der Waals surface area (Å²) in [6.07, 6.45) is 7.82. The van der Waals surface area contributed by atoms with Gasteiger partial charge in [-0.3, -0.25) is 0 Å². The first-order chi connectivity index (χ1) is 8.22. The van der Waals surface area contributed by atoms with Crippen LogP contribution in [0.1, 0.15) is 42.1 Å². The van der Waals surface area contributed by atoms with Crippen molar-refractivity contribution in [3.05, 3.63) is 47.5 Å². The topological polar surface area (TPSA) is 26.3 Å². The number of hydrogen-bond acceptors (Lipinski definition) is 2. The number of rotatable bonds is 1. The fraction of sp³-hybridized carbons (Fsp3) is 0.400. The number of carbonyl (C=O) groups excluding carboxylic acids is 1. The maximum absolute atomic E-state index is 11.9. The quantitative estimate of drug-likeness (QED) is 0.543. The number of hydrogen-bond donors (Lipinski definition) is 0. The molecule has 0 aromatic heterocycles. The zero-order valence-corrected chi connectivity index (χ0v) is 9.98. The van der Waals surface area contributed by atoms with Crippen molar-refractivity contribution >= 4 is 5.97 Å². The van der Waals surface area contributed by atoms with E-state index in [1.807, 2.05) is 31.2 Å². The predicted octanol–water partition coefficient (Wildman–Crippen LogP) is 3.43. The first-order valence-electron chi connectivity index (χ1n) is 6.21. The van der Waals surface area contributed by atoms with Crippen LogP contribution in [0.5, 0.6) is 0 Å². The van der Waals surface area contributed by atoms with Gasteiger partial charge in [-0.15, -0.1) is 0 Å². The van der Waals surface area contributed by atoms with E-state index in [-0.39, 0.29) is 5.97 Å². The molecule has 0 saturated heterocycles. The standard InChI is InChI=1S/C15H16O2/c1-15(11-7-3-2-4-8-11)13-10-6-5-9-12(13)14(16)17-15/h3,5-7,9-11H,2,4,8H2,1H3/t11-,15-/m0/s1. The zero-order chi connectivity index (χ0) is 11.9. The lowest BCUT2D eigenvalue weighted by molar-refractivity contribution is -0.0231. The molecule has 2 aliphatic rings. The van der Waals surface area contributed by atoms with Crippen LogP contribution in [-0.2, 0) is 10.3 Å². The summed E-state index contributed by atoms with van der Waals surface area (Å²) in [6, 6.07) is 7.74. The molecule has 2 atom stereocenters. The van der Waals surface area contributed by atoms with Gasteiger partial charge in [-0.1, -0.05) is 30.4 Å². The molecular formula is C15H16O2. The molecule has 0 N–H and O–H groups in total. The third-order valence-corrected chi connectivity index (χ3v) is 3.95. The van der Waals surface area contributed by atoms with Crippen LogP contribution in [0.15, 0.2) is 36.4 Å². The second kappa shape index (κ2) is 3.73. The lowest BCUT2D eigenvalue weighted by Gasteiger charge is -2.33. The van der Waals surface area contributed by atoms with Gasteiger partial charge in [-0.2, -0.15) is 0 Å². The van der Waals surface area contributed by atoms with E-state index in [1.165, 1.54) is 6.42 Å². The molecule has 1 aliphatic carbocycles. The molecule has 88 valence electrons. The van der Waals surface area contributed by atoms with Gasteiger partial charge >= 0.3 is 5.97 Å². The summed E-state index contributed by atoms with van der Waals surface area (Å²) in [5.41, 5.74) is 1.31. The summed E-state index contributed by atoms with van der Waals surface area (Å²) in [4.78, 5) is 11.9. The number of cyclic esters (lactones) is 1. The van der Waals surface area contributed by atoms with Crippen molar-refractivity contribution in [1.29, 1.82) is 0 Å². The maximum atomic E-state index is 11.9. The van der Waals surface area contributed by atoms with Crippen molar-refractivity contribution < 1.29 is 9.53 Å². The van der Waals surface area contributed by atoms with Crippen molar-refractivity contribution in [2.45, 2.75) is 31.8 Å². The average molecular weight is 228 g/mol. The number of esters is 1. The van der Waals surface area contributed by atoms with E-state index in [0.717, 1.165) is 24.0 Å². The number of benzene rings is 1. The Labute approximate surface area is 101 Å². The van der Waals surface area contributed by atoms with Gasteiger partial charge in [0.15, 0.2) is 0 Å². The molecule has 0 amide bonds. The Hall–Kier alpha value is -1.57. The molecule has 1 aromatic rings. The number of allylic oxidation sites excluding steroid dienone is 1. The van der Waals surface area contributed by atoms with Crippen LogP contribution in [0.25, 0.3) is 0 Å². The molecule has 2 nitrogen and oxygen atoms in total. The van der Waals surface area contributed by atoms with Crippen LogP contribution >= 0.6 is 0 Å². The van der Waals surface area contributed by atoms with Crippen molar-refractivity contribution in [3.8, 4) is 0 Å². The third kappa shape index (κ3) is 1.51. The molecule has 0 spiro atoms. The van der Waals surface area contributed by atoms with Gasteiger partial charge in [-0.05, 0) is 32.3 Å². The lowest BCUT2D eigenvalue weighted by Crippen LogP contribution is -2.32. The van der Waals surface area contributed by atoms with Gasteiger partial charge in [-0.25, -0.2) is 4.79 Å². The average Bonchev–Trinajstić information content (AvgIpc) is 2.65. The summed E-state index contributed by atoms with van der Waals surface area (Å²) in [5.74, 6) is 0.130. The second-order valence-corrected chi connectivity index (χ2v) is 5.01. The second-order valence-electron chi connectivity index (χ2n) is 5.01. The molecule has 1 aliphatic heterocycles. The molecule has 0 fully saturated rings. The third-order valence-electron chi connectivity index (χ3n) is 3.95. The normalized spacial score (nSPS) is 31.1. The lowest BCUT2D eigenvalue weighted by atomic mass is 9.77. The van der Waals surface area contributed by atoms with Crippen LogP contribution < -0.4 is 0 Å². The van der Waals surface area contributed by atoms with E-state index in [1.54, 1.807) is 0 Å². The fourth-order valence-corrected chi connectivity index (χ4v) is 2.94. The molecular weight excluding hydrogens is 212 g/mol. The van der Waals surface area contributed by atoms with Crippen molar-refractivity contribution in [3.63, 3.8) is 0 Å². The van der Waals surface area contributed by atoms with Crippen LogP contribution in [0.4, 0.5) is 0 Å². The molecule has 0 bridgehead atoms. The number of ether oxygens (including phenoxy) is 1. The first-order valence-corrected chi connectivity index (χ1v) is 6.21. The van der Waals surface area contributed by atoms with Gasteiger partial charge in [0.05, 0.1) is 5.56 Å². The molecule has 17 heavy (non-hydrogen) atoms. The Kier molecular flexibility index (Phi) is 2.32. The highest BCUT2D eigenvalue weighted by Crippen LogP contribution is 2.45. The molecule has 3 rings (SSSR count). The van der Waals surface area contributed by atoms with E-state index in [0.29, 0.717) is 5.92 Å². The van der Waals surface area contributed by atoms with E-state index in [4.69, 9.17) is 4.74 Å². The molecule has 0 unspecified atom stereocenters. The Bertz CT molecular complexity index is 489. The summed E-state index contributed by atoms with van der Waals surface area (Å²) < 4.78 is 5.67. The predicted molar refractivity (Wildman–Crippen MR) is 65.7 cm³/mol. The molecule has 1 heterocycles. The van der Waals surface area contributed by atoms with Crippen LogP contribution in [-0.4, -0.2) is 5.97 Å². The van der Waals surface area contributed by atoms with Gasteiger partial charge in [0, 0.05) is 11.5 Å². The molecule has 0 saturated carbocycles. The monoisotopic (exact) mass is 228 g/mol. The van der Waals surface area contributed by atoms with Crippen molar-refractivity contribution in [2.24, 2.45) is 5.92 Å². The summed E-state index contributed by atoms with van der Waals surface area (Å²) in [6.45, 7) is 2.04. The van der Waals surface area contributed by atoms with E-state index in [9.17, 15) is 4.79 Å². The van der Waals surface area contributed by atoms with Gasteiger partial charge < -0.3 is 4.74 Å². The van der Waals surface area contributed by atoms with Crippen LogP contribution in [0.2, 0.25) is 0 Å². The highest BCUT2D eigenvalue weighted by Gasteiger charge is 2.46. The largest absolute Gasteiger partial charge is 0.450 e. The van der Waals surface area contributed by atoms with Gasteiger partial charge in [0.25, 0.3) is 0 Å². The summed E-state index contributed by atoms with van der Waals surface area (Å²) in [7, 11) is 0. The van der Waals surface area contributed by atoms with E-state index < -0.39 is 5.60 Å². The highest BCUT2D eigenvalue weighted by molar-refractivity contribution is 5.94. The SMILES string of the molecule is C[C@@]1([C@H]2C=CCCC2)OC(=O)c2ccccc21. The minimum Gasteiger partial charge on any atom is -0.450 e. The maximum Gasteiger partial charge on any atom is 0.339 e. The number of carbonyl (C=O) groups is 1. The Morgan fingerprint density at radius 1 is 1.35 bits per heavy atom. The smallest absolute Gasteiger partial charge is 0.339 e.